The lowest BCUT2D eigenvalue weighted by Gasteiger charge is -2.57. The Morgan fingerprint density at radius 1 is 0.956 bits per heavy atom. The molecular weight excluding hydrogens is 590 g/mol. The van der Waals surface area contributed by atoms with Crippen molar-refractivity contribution in [1.29, 1.82) is 0 Å². The molecule has 1 aromatic heterocycles. The zero-order valence-corrected chi connectivity index (χ0v) is 26.5. The molecule has 5 unspecified atom stereocenters. The number of halogens is 1. The van der Waals surface area contributed by atoms with Crippen LogP contribution in [0.2, 0.25) is 5.02 Å². The molecule has 0 spiro atoms. The van der Waals surface area contributed by atoms with Crippen LogP contribution in [0.1, 0.15) is 54.2 Å². The summed E-state index contributed by atoms with van der Waals surface area (Å²) in [5.41, 5.74) is 5.11. The molecule has 2 amide bonds. The number of hydrogen-bond acceptors (Lipinski definition) is 8. The maximum absolute atomic E-state index is 12.4. The van der Waals surface area contributed by atoms with Gasteiger partial charge in [-0.1, -0.05) is 48.0 Å². The maximum atomic E-state index is 12.4. The Balaban J connectivity index is 0.956. The topological polar surface area (TPSA) is 103 Å². The highest BCUT2D eigenvalue weighted by atomic mass is 35.5. The number of likely N-dealkylation sites (tertiary alicyclic amines) is 1. The van der Waals surface area contributed by atoms with E-state index in [0.29, 0.717) is 36.5 Å². The van der Waals surface area contributed by atoms with E-state index in [0.717, 1.165) is 50.4 Å². The molecular formula is C34H40ClN7O3. The van der Waals surface area contributed by atoms with Crippen LogP contribution in [-0.4, -0.2) is 82.7 Å². The highest BCUT2D eigenvalue weighted by Gasteiger charge is 2.44. The number of aromatic nitrogens is 2. The van der Waals surface area contributed by atoms with E-state index in [4.69, 9.17) is 11.6 Å². The van der Waals surface area contributed by atoms with Crippen molar-refractivity contribution in [3.63, 3.8) is 0 Å². The Hall–Kier alpha value is -3.73. The molecule has 8 rings (SSSR count). The minimum absolute atomic E-state index is 0.160. The first-order chi connectivity index (χ1) is 21.7. The van der Waals surface area contributed by atoms with Gasteiger partial charge in [0.1, 0.15) is 5.02 Å². The zero-order valence-electron chi connectivity index (χ0n) is 25.8. The van der Waals surface area contributed by atoms with Crippen LogP contribution in [0.3, 0.4) is 0 Å². The number of hydrogen-bond donors (Lipinski definition) is 2. The van der Waals surface area contributed by atoms with Crippen LogP contribution < -0.4 is 21.1 Å². The number of benzene rings is 2. The second kappa shape index (κ2) is 12.2. The van der Waals surface area contributed by atoms with Gasteiger partial charge in [0, 0.05) is 70.0 Å². The van der Waals surface area contributed by atoms with Crippen LogP contribution >= 0.6 is 11.6 Å². The van der Waals surface area contributed by atoms with Crippen molar-refractivity contribution in [3.05, 3.63) is 86.8 Å². The van der Waals surface area contributed by atoms with Crippen molar-refractivity contribution in [3.8, 4) is 0 Å². The number of anilines is 2. The normalized spacial score (nSPS) is 27.2. The van der Waals surface area contributed by atoms with Crippen LogP contribution in [0.15, 0.2) is 59.5 Å². The molecule has 5 saturated heterocycles. The number of piperazine rings is 1. The fourth-order valence-corrected chi connectivity index (χ4v) is 7.93. The highest BCUT2D eigenvalue weighted by molar-refractivity contribution is 6.32. The summed E-state index contributed by atoms with van der Waals surface area (Å²) < 4.78 is 1.25. The summed E-state index contributed by atoms with van der Waals surface area (Å²) in [5.74, 6) is -0.241. The summed E-state index contributed by atoms with van der Waals surface area (Å²) in [7, 11) is 3.73. The van der Waals surface area contributed by atoms with Crippen molar-refractivity contribution < 1.29 is 9.59 Å². The first-order valence-electron chi connectivity index (χ1n) is 15.9. The molecule has 10 nitrogen and oxygen atoms in total. The quantitative estimate of drug-likeness (QED) is 0.384. The lowest BCUT2D eigenvalue weighted by molar-refractivity contribution is -0.134. The number of piperidine rings is 3. The molecule has 5 aliphatic heterocycles. The lowest BCUT2D eigenvalue weighted by Crippen LogP contribution is -2.68. The summed E-state index contributed by atoms with van der Waals surface area (Å²) in [6.45, 7) is 4.75. The minimum atomic E-state index is -0.295. The van der Waals surface area contributed by atoms with E-state index in [1.165, 1.54) is 22.2 Å². The van der Waals surface area contributed by atoms with Crippen LogP contribution in [0.5, 0.6) is 0 Å². The number of nitrogens with one attached hydrogen (secondary N) is 2. The Bertz CT molecular complexity index is 1650. The van der Waals surface area contributed by atoms with Gasteiger partial charge in [0.15, 0.2) is 0 Å². The van der Waals surface area contributed by atoms with Crippen molar-refractivity contribution >= 4 is 34.8 Å². The summed E-state index contributed by atoms with van der Waals surface area (Å²) in [6.07, 6.45) is 4.77. The molecule has 5 aliphatic rings. The molecule has 2 N–H and O–H groups in total. The average Bonchev–Trinajstić information content (AvgIpc) is 3.04. The van der Waals surface area contributed by atoms with Crippen molar-refractivity contribution in [2.75, 3.05) is 43.4 Å². The molecule has 2 bridgehead atoms. The third kappa shape index (κ3) is 6.11. The molecule has 0 aliphatic carbocycles. The second-order valence-electron chi connectivity index (χ2n) is 13.3. The van der Waals surface area contributed by atoms with E-state index in [1.807, 2.05) is 12.1 Å². The molecule has 2 aromatic carbocycles. The summed E-state index contributed by atoms with van der Waals surface area (Å²) >= 11 is 6.32. The van der Waals surface area contributed by atoms with Crippen molar-refractivity contribution in [2.45, 2.75) is 62.2 Å². The van der Waals surface area contributed by atoms with Gasteiger partial charge < -0.3 is 15.1 Å². The standard InChI is InChI=1S/C34H40ClN7O3/c1-39-17-24(12-25(18-39)37-30-15-36-40(2)34(45)32(30)35)22-8-6-21(7-9-22)16-42-27-14-28(42)20-41(19-27)26-5-3-4-23(13-26)29-10-11-31(43)38-33(29)44/h3-9,13,15,24-25,27-29,37H,10-12,14,16-20H2,1-2H3,(H,38,43,44). The van der Waals surface area contributed by atoms with Crippen molar-refractivity contribution in [1.82, 2.24) is 24.9 Å². The average molecular weight is 630 g/mol. The van der Waals surface area contributed by atoms with E-state index in [1.54, 1.807) is 13.2 Å². The van der Waals surface area contributed by atoms with Gasteiger partial charge in [-0.2, -0.15) is 5.10 Å². The second-order valence-corrected chi connectivity index (χ2v) is 13.6. The Morgan fingerprint density at radius 2 is 1.73 bits per heavy atom. The Kier molecular flexibility index (Phi) is 8.14. The van der Waals surface area contributed by atoms with Crippen LogP contribution in [-0.2, 0) is 23.2 Å². The van der Waals surface area contributed by atoms with Gasteiger partial charge in [-0.05, 0) is 61.1 Å². The number of carbonyl (C=O) groups excluding carboxylic acids is 2. The van der Waals surface area contributed by atoms with Gasteiger partial charge in [-0.25, -0.2) is 4.68 Å². The maximum Gasteiger partial charge on any atom is 0.287 e. The first kappa shape index (κ1) is 30.0. The smallest absolute Gasteiger partial charge is 0.287 e. The van der Waals surface area contributed by atoms with E-state index in [9.17, 15) is 14.4 Å². The number of carbonyl (C=O) groups is 2. The number of imide groups is 1. The molecule has 6 heterocycles. The number of fused-ring (bicyclic) bond motifs is 2. The predicted octanol–water partition coefficient (Wildman–Crippen LogP) is 3.32. The summed E-state index contributed by atoms with van der Waals surface area (Å²) in [4.78, 5) is 43.7. The third-order valence-electron chi connectivity index (χ3n) is 10.1. The molecule has 3 aromatic rings. The fraction of sp³-hybridized carbons (Fsp3) is 0.471. The first-order valence-corrected chi connectivity index (χ1v) is 16.3. The largest absolute Gasteiger partial charge is 0.378 e. The molecule has 45 heavy (non-hydrogen) atoms. The third-order valence-corrected chi connectivity index (χ3v) is 10.5. The Morgan fingerprint density at radius 3 is 2.49 bits per heavy atom. The molecule has 5 fully saturated rings. The van der Waals surface area contributed by atoms with Gasteiger partial charge in [-0.3, -0.25) is 24.6 Å². The van der Waals surface area contributed by atoms with Crippen LogP contribution in [0.4, 0.5) is 11.4 Å². The molecule has 0 radical (unpaired) electrons. The van der Waals surface area contributed by atoms with E-state index in [-0.39, 0.29) is 34.4 Å². The summed E-state index contributed by atoms with van der Waals surface area (Å²) in [6, 6.07) is 18.6. The van der Waals surface area contributed by atoms with E-state index < -0.39 is 0 Å². The Labute approximate surface area is 268 Å². The number of likely N-dealkylation sites (N-methyl/N-ethyl adjacent to an activating group) is 1. The number of aryl methyl sites for hydroxylation is 1. The summed E-state index contributed by atoms with van der Waals surface area (Å²) in [5, 5.41) is 10.3. The monoisotopic (exact) mass is 629 g/mol. The molecule has 5 atom stereocenters. The van der Waals surface area contributed by atoms with Crippen LogP contribution in [0.25, 0.3) is 0 Å². The van der Waals surface area contributed by atoms with Gasteiger partial charge in [-0.15, -0.1) is 0 Å². The lowest BCUT2D eigenvalue weighted by atomic mass is 9.85. The van der Waals surface area contributed by atoms with Gasteiger partial charge >= 0.3 is 0 Å². The molecule has 236 valence electrons. The fourth-order valence-electron chi connectivity index (χ4n) is 7.71. The van der Waals surface area contributed by atoms with E-state index >= 15 is 0 Å². The molecule has 11 heteroatoms. The predicted molar refractivity (Wildman–Crippen MR) is 175 cm³/mol. The number of rotatable bonds is 7. The molecule has 0 saturated carbocycles. The minimum Gasteiger partial charge on any atom is -0.378 e. The number of amides is 2. The van der Waals surface area contributed by atoms with Crippen LogP contribution in [0, 0.1) is 0 Å². The highest BCUT2D eigenvalue weighted by Crippen LogP contribution is 2.37. The zero-order chi connectivity index (χ0) is 31.2. The van der Waals surface area contributed by atoms with Gasteiger partial charge in [0.2, 0.25) is 11.8 Å². The SMILES string of the molecule is CN1CC(Nc2cnn(C)c(=O)c2Cl)CC(c2ccc(CN3C4CC3CN(c3cccc(C5CCC(=O)NC5=O)c3)C4)cc2)C1. The van der Waals surface area contributed by atoms with Gasteiger partial charge in [0.25, 0.3) is 5.56 Å². The number of nitrogens with zero attached hydrogens (tertiary/aromatic N) is 5. The van der Waals surface area contributed by atoms with Crippen molar-refractivity contribution in [2.24, 2.45) is 7.05 Å². The van der Waals surface area contributed by atoms with Gasteiger partial charge in [0.05, 0.1) is 17.8 Å². The van der Waals surface area contributed by atoms with E-state index in [2.05, 4.69) is 73.9 Å².